The second-order valence-corrected chi connectivity index (χ2v) is 2.33. The molecule has 0 aromatic heterocycles. The summed E-state index contributed by atoms with van der Waals surface area (Å²) in [6.07, 6.45) is 0. The van der Waals surface area contributed by atoms with Gasteiger partial charge in [0.2, 0.25) is 0 Å². The molecule has 1 fully saturated rings. The summed E-state index contributed by atoms with van der Waals surface area (Å²) in [5, 5.41) is 2.64. The SMILES string of the molecule is O=NC1COCS1. The molecule has 0 aromatic carbocycles. The molecule has 1 aliphatic rings. The van der Waals surface area contributed by atoms with Crippen LogP contribution in [-0.4, -0.2) is 17.9 Å². The largest absolute Gasteiger partial charge is 0.368 e. The van der Waals surface area contributed by atoms with Gasteiger partial charge in [-0.1, -0.05) is 5.18 Å². The predicted molar refractivity (Wildman–Crippen MR) is 28.0 cm³/mol. The second kappa shape index (κ2) is 2.28. The maximum atomic E-state index is 9.66. The van der Waals surface area contributed by atoms with Crippen LogP contribution in [0.2, 0.25) is 0 Å². The van der Waals surface area contributed by atoms with Crippen molar-refractivity contribution in [1.29, 1.82) is 0 Å². The molecule has 0 saturated carbocycles. The summed E-state index contributed by atoms with van der Waals surface area (Å²) in [5.41, 5.74) is 0. The fourth-order valence-corrected chi connectivity index (χ4v) is 0.987. The monoisotopic (exact) mass is 119 g/mol. The molecule has 0 N–H and O–H groups in total. The van der Waals surface area contributed by atoms with E-state index < -0.39 is 0 Å². The third-order valence-electron chi connectivity index (χ3n) is 0.722. The summed E-state index contributed by atoms with van der Waals surface area (Å²) < 4.78 is 4.82. The average molecular weight is 119 g/mol. The number of nitroso groups, excluding NO2 is 1. The van der Waals surface area contributed by atoms with E-state index in [0.717, 1.165) is 0 Å². The van der Waals surface area contributed by atoms with E-state index in [1.807, 2.05) is 0 Å². The van der Waals surface area contributed by atoms with E-state index in [2.05, 4.69) is 5.18 Å². The van der Waals surface area contributed by atoms with Gasteiger partial charge in [0.1, 0.15) is 0 Å². The first kappa shape index (κ1) is 5.05. The zero-order valence-electron chi connectivity index (χ0n) is 3.66. The first-order valence-corrected chi connectivity index (χ1v) is 3.00. The second-order valence-electron chi connectivity index (χ2n) is 1.22. The molecule has 1 saturated heterocycles. The van der Waals surface area contributed by atoms with E-state index in [1.165, 1.54) is 11.8 Å². The highest BCUT2D eigenvalue weighted by atomic mass is 32.2. The topological polar surface area (TPSA) is 38.7 Å². The average Bonchev–Trinajstić information content (AvgIpc) is 2.14. The van der Waals surface area contributed by atoms with Crippen LogP contribution in [-0.2, 0) is 4.74 Å². The number of ether oxygens (including phenoxy) is 1. The van der Waals surface area contributed by atoms with Crippen LogP contribution in [0.4, 0.5) is 0 Å². The van der Waals surface area contributed by atoms with Gasteiger partial charge >= 0.3 is 0 Å². The maximum Gasteiger partial charge on any atom is 0.163 e. The first-order valence-electron chi connectivity index (χ1n) is 1.95. The molecule has 0 aliphatic carbocycles. The smallest absolute Gasteiger partial charge is 0.163 e. The number of thioether (sulfide) groups is 1. The van der Waals surface area contributed by atoms with Crippen molar-refractivity contribution in [2.24, 2.45) is 5.18 Å². The predicted octanol–water partition coefficient (Wildman–Crippen LogP) is 0.800. The van der Waals surface area contributed by atoms with Crippen LogP contribution in [0.15, 0.2) is 5.18 Å². The van der Waals surface area contributed by atoms with Crippen molar-refractivity contribution in [1.82, 2.24) is 0 Å². The van der Waals surface area contributed by atoms with Crippen molar-refractivity contribution >= 4 is 11.8 Å². The highest BCUT2D eigenvalue weighted by Gasteiger charge is 2.14. The lowest BCUT2D eigenvalue weighted by Crippen LogP contribution is -1.95. The molecule has 0 amide bonds. The molecule has 40 valence electrons. The van der Waals surface area contributed by atoms with Gasteiger partial charge in [-0.05, 0) is 0 Å². The normalized spacial score (nSPS) is 30.6. The lowest BCUT2D eigenvalue weighted by molar-refractivity contribution is 0.204. The molecule has 0 aromatic rings. The highest BCUT2D eigenvalue weighted by Crippen LogP contribution is 2.18. The summed E-state index contributed by atoms with van der Waals surface area (Å²) in [7, 11) is 0. The fourth-order valence-electron chi connectivity index (χ4n) is 0.385. The lowest BCUT2D eigenvalue weighted by atomic mass is 10.7. The number of rotatable bonds is 1. The van der Waals surface area contributed by atoms with Crippen LogP contribution in [0.3, 0.4) is 0 Å². The molecule has 1 atom stereocenters. The highest BCUT2D eigenvalue weighted by molar-refractivity contribution is 7.99. The maximum absolute atomic E-state index is 9.66. The Balaban J connectivity index is 2.26. The van der Waals surface area contributed by atoms with E-state index in [1.54, 1.807) is 0 Å². The van der Waals surface area contributed by atoms with Crippen LogP contribution in [0.25, 0.3) is 0 Å². The van der Waals surface area contributed by atoms with E-state index in [9.17, 15) is 4.91 Å². The molecule has 7 heavy (non-hydrogen) atoms. The number of hydrogen-bond acceptors (Lipinski definition) is 4. The summed E-state index contributed by atoms with van der Waals surface area (Å²) >= 11 is 1.44. The fraction of sp³-hybridized carbons (Fsp3) is 1.00. The quantitative estimate of drug-likeness (QED) is 0.479. The minimum Gasteiger partial charge on any atom is -0.368 e. The Bertz CT molecular complexity index is 71.3. The molecule has 1 heterocycles. The third-order valence-corrected chi connectivity index (χ3v) is 1.63. The van der Waals surface area contributed by atoms with Crippen molar-refractivity contribution in [3.8, 4) is 0 Å². The molecule has 0 radical (unpaired) electrons. The van der Waals surface area contributed by atoms with Gasteiger partial charge in [0, 0.05) is 0 Å². The van der Waals surface area contributed by atoms with Gasteiger partial charge in [-0.2, -0.15) is 0 Å². The number of hydrogen-bond donors (Lipinski definition) is 0. The van der Waals surface area contributed by atoms with E-state index in [0.29, 0.717) is 12.5 Å². The lowest BCUT2D eigenvalue weighted by Gasteiger charge is -1.86. The molecule has 1 unspecified atom stereocenters. The Hall–Kier alpha value is -0.0900. The Labute approximate surface area is 45.4 Å². The van der Waals surface area contributed by atoms with Gasteiger partial charge in [0.15, 0.2) is 5.37 Å². The Kier molecular flexibility index (Phi) is 1.64. The Morgan fingerprint density at radius 3 is 3.00 bits per heavy atom. The van der Waals surface area contributed by atoms with E-state index in [4.69, 9.17) is 4.74 Å². The van der Waals surface area contributed by atoms with Gasteiger partial charge in [0.25, 0.3) is 0 Å². The molecule has 4 heteroatoms. The summed E-state index contributed by atoms with van der Waals surface area (Å²) in [6, 6.07) is 0. The molecule has 3 nitrogen and oxygen atoms in total. The van der Waals surface area contributed by atoms with Crippen LogP contribution >= 0.6 is 11.8 Å². The molecular weight excluding hydrogens is 114 g/mol. The van der Waals surface area contributed by atoms with E-state index in [-0.39, 0.29) is 5.37 Å². The summed E-state index contributed by atoms with van der Waals surface area (Å²) in [5.74, 6) is 0.621. The van der Waals surface area contributed by atoms with Crippen LogP contribution in [0.1, 0.15) is 0 Å². The van der Waals surface area contributed by atoms with Crippen molar-refractivity contribution in [2.45, 2.75) is 5.37 Å². The minimum atomic E-state index is -0.139. The zero-order valence-corrected chi connectivity index (χ0v) is 4.48. The van der Waals surface area contributed by atoms with E-state index >= 15 is 0 Å². The molecule has 0 bridgehead atoms. The van der Waals surface area contributed by atoms with Crippen molar-refractivity contribution in [2.75, 3.05) is 12.5 Å². The van der Waals surface area contributed by atoms with Gasteiger partial charge in [-0.25, -0.2) is 0 Å². The van der Waals surface area contributed by atoms with Crippen LogP contribution < -0.4 is 0 Å². The third kappa shape index (κ3) is 1.14. The van der Waals surface area contributed by atoms with Crippen LogP contribution in [0.5, 0.6) is 0 Å². The standard InChI is InChI=1S/C3H5NO2S/c5-4-3-1-6-2-7-3/h3H,1-2H2. The molecule has 1 aliphatic heterocycles. The molecule has 0 spiro atoms. The zero-order chi connectivity index (χ0) is 5.11. The van der Waals surface area contributed by atoms with Crippen LogP contribution in [0, 0.1) is 4.91 Å². The summed E-state index contributed by atoms with van der Waals surface area (Å²) in [4.78, 5) is 9.66. The Morgan fingerprint density at radius 2 is 2.71 bits per heavy atom. The Morgan fingerprint density at radius 1 is 1.86 bits per heavy atom. The summed E-state index contributed by atoms with van der Waals surface area (Å²) in [6.45, 7) is 0.494. The van der Waals surface area contributed by atoms with Gasteiger partial charge < -0.3 is 4.74 Å². The van der Waals surface area contributed by atoms with Gasteiger partial charge in [-0.15, -0.1) is 16.7 Å². The minimum absolute atomic E-state index is 0.139. The van der Waals surface area contributed by atoms with Crippen molar-refractivity contribution in [3.63, 3.8) is 0 Å². The van der Waals surface area contributed by atoms with Gasteiger partial charge in [-0.3, -0.25) is 0 Å². The van der Waals surface area contributed by atoms with Gasteiger partial charge in [0.05, 0.1) is 12.5 Å². The molecular formula is C3H5NO2S. The van der Waals surface area contributed by atoms with Crippen molar-refractivity contribution in [3.05, 3.63) is 4.91 Å². The van der Waals surface area contributed by atoms with Crippen molar-refractivity contribution < 1.29 is 4.74 Å². The molecule has 1 rings (SSSR count). The first-order chi connectivity index (χ1) is 3.43. The number of nitrogens with zero attached hydrogens (tertiary/aromatic N) is 1.